The van der Waals surface area contributed by atoms with Gasteiger partial charge in [0.2, 0.25) is 5.75 Å². The molecule has 0 radical (unpaired) electrons. The quantitative estimate of drug-likeness (QED) is 0.590. The van der Waals surface area contributed by atoms with Crippen LogP contribution in [-0.4, -0.2) is 29.1 Å². The zero-order valence-electron chi connectivity index (χ0n) is 10.3. The van der Waals surface area contributed by atoms with Gasteiger partial charge in [0.05, 0.1) is 6.61 Å². The molecule has 0 saturated heterocycles. The molecule has 1 N–H and O–H groups in total. The molecule has 0 aliphatic heterocycles. The van der Waals surface area contributed by atoms with Gasteiger partial charge in [-0.05, 0) is 34.9 Å². The van der Waals surface area contributed by atoms with Crippen LogP contribution >= 0.6 is 0 Å². The van der Waals surface area contributed by atoms with Gasteiger partial charge < -0.3 is 20.2 Å². The normalized spacial score (nSPS) is 16.3. The van der Waals surface area contributed by atoms with Crippen molar-refractivity contribution >= 4 is 5.82 Å². The lowest BCUT2D eigenvalue weighted by Gasteiger charge is -2.13. The highest BCUT2D eigenvalue weighted by atomic mass is 16.6. The summed E-state index contributed by atoms with van der Waals surface area (Å²) in [4.78, 5) is 13.9. The Kier molecular flexibility index (Phi) is 4.09. The lowest BCUT2D eigenvalue weighted by molar-refractivity contribution is -0.390. The van der Waals surface area contributed by atoms with Gasteiger partial charge in [-0.15, -0.1) is 0 Å². The average Bonchev–Trinajstić information content (AvgIpc) is 3.18. The molecular weight excluding hydrogens is 234 g/mol. The third-order valence-corrected chi connectivity index (χ3v) is 2.78. The molecule has 0 amide bonds. The molecule has 1 unspecified atom stereocenters. The number of rotatable bonds is 7. The number of hydrogen-bond acceptors (Lipinski definition) is 5. The van der Waals surface area contributed by atoms with Crippen molar-refractivity contribution < 1.29 is 9.66 Å². The maximum atomic E-state index is 10.7. The number of aromatic nitrogens is 1. The van der Waals surface area contributed by atoms with Crippen LogP contribution in [0.5, 0.6) is 5.75 Å². The molecule has 6 nitrogen and oxygen atoms in total. The van der Waals surface area contributed by atoms with Crippen LogP contribution in [0.2, 0.25) is 0 Å². The summed E-state index contributed by atoms with van der Waals surface area (Å²) in [5.74, 6) is 0.325. The molecule has 1 aliphatic rings. The molecule has 98 valence electrons. The van der Waals surface area contributed by atoms with Gasteiger partial charge in [0.1, 0.15) is 6.20 Å². The van der Waals surface area contributed by atoms with E-state index in [4.69, 9.17) is 4.74 Å². The van der Waals surface area contributed by atoms with Crippen molar-refractivity contribution in [2.75, 3.05) is 13.2 Å². The molecule has 1 fully saturated rings. The van der Waals surface area contributed by atoms with Crippen LogP contribution in [0.15, 0.2) is 18.3 Å². The van der Waals surface area contributed by atoms with Gasteiger partial charge in [-0.25, -0.2) is 0 Å². The van der Waals surface area contributed by atoms with E-state index < -0.39 is 4.92 Å². The van der Waals surface area contributed by atoms with E-state index in [-0.39, 0.29) is 11.6 Å². The van der Waals surface area contributed by atoms with Crippen LogP contribution in [0.1, 0.15) is 19.8 Å². The van der Waals surface area contributed by atoms with Crippen molar-refractivity contribution in [2.45, 2.75) is 25.8 Å². The lowest BCUT2D eigenvalue weighted by atomic mass is 10.2. The van der Waals surface area contributed by atoms with E-state index in [2.05, 4.69) is 17.2 Å². The Balaban J connectivity index is 1.82. The maximum Gasteiger partial charge on any atom is 0.406 e. The predicted molar refractivity (Wildman–Crippen MR) is 66.6 cm³/mol. The van der Waals surface area contributed by atoms with Gasteiger partial charge in [0.25, 0.3) is 0 Å². The molecule has 1 heterocycles. The van der Waals surface area contributed by atoms with E-state index in [1.54, 1.807) is 12.1 Å². The smallest absolute Gasteiger partial charge is 0.406 e. The molecule has 1 aromatic heterocycles. The van der Waals surface area contributed by atoms with Gasteiger partial charge >= 0.3 is 5.82 Å². The van der Waals surface area contributed by atoms with Crippen molar-refractivity contribution in [3.8, 4) is 5.75 Å². The fourth-order valence-corrected chi connectivity index (χ4v) is 1.58. The summed E-state index contributed by atoms with van der Waals surface area (Å²) < 4.78 is 5.47. The number of nitrogens with one attached hydrogen (secondary N) is 1. The highest BCUT2D eigenvalue weighted by Crippen LogP contribution is 2.23. The SMILES string of the molecule is CC(CNC1CC1)COc1cccnc1[N+](=O)[O-]. The Hall–Kier alpha value is -1.69. The largest absolute Gasteiger partial charge is 0.485 e. The van der Waals surface area contributed by atoms with Crippen molar-refractivity contribution in [1.82, 2.24) is 10.3 Å². The second kappa shape index (κ2) is 5.77. The van der Waals surface area contributed by atoms with E-state index in [0.717, 1.165) is 6.54 Å². The van der Waals surface area contributed by atoms with Crippen LogP contribution in [0.25, 0.3) is 0 Å². The molecule has 1 aliphatic carbocycles. The van der Waals surface area contributed by atoms with Gasteiger partial charge in [-0.1, -0.05) is 6.92 Å². The van der Waals surface area contributed by atoms with E-state index >= 15 is 0 Å². The van der Waals surface area contributed by atoms with Gasteiger partial charge in [0, 0.05) is 18.5 Å². The number of ether oxygens (including phenoxy) is 1. The van der Waals surface area contributed by atoms with Crippen molar-refractivity contribution in [3.05, 3.63) is 28.4 Å². The number of nitro groups is 1. The number of hydrogen-bond donors (Lipinski definition) is 1. The first-order valence-electron chi connectivity index (χ1n) is 6.12. The molecule has 1 aromatic rings. The third-order valence-electron chi connectivity index (χ3n) is 2.78. The number of nitrogens with zero attached hydrogens (tertiary/aromatic N) is 2. The summed E-state index contributed by atoms with van der Waals surface area (Å²) in [6, 6.07) is 3.88. The Morgan fingerprint density at radius 1 is 1.67 bits per heavy atom. The first-order chi connectivity index (χ1) is 8.66. The first kappa shape index (κ1) is 12.8. The summed E-state index contributed by atoms with van der Waals surface area (Å²) in [6.07, 6.45) is 3.90. The van der Waals surface area contributed by atoms with E-state index in [0.29, 0.717) is 18.6 Å². The average molecular weight is 251 g/mol. The monoisotopic (exact) mass is 251 g/mol. The summed E-state index contributed by atoms with van der Waals surface area (Å²) in [7, 11) is 0. The molecule has 18 heavy (non-hydrogen) atoms. The fraction of sp³-hybridized carbons (Fsp3) is 0.583. The van der Waals surface area contributed by atoms with Crippen molar-refractivity contribution in [1.29, 1.82) is 0 Å². The molecular formula is C12H17N3O3. The minimum absolute atomic E-state index is 0.222. The Morgan fingerprint density at radius 2 is 2.44 bits per heavy atom. The second-order valence-corrected chi connectivity index (χ2v) is 4.68. The standard InChI is InChI=1S/C12H17N3O3/c1-9(7-14-10-4-5-10)8-18-11-3-2-6-13-12(11)15(16)17/h2-3,6,9-10,14H,4-5,7-8H2,1H3. The molecule has 0 spiro atoms. The zero-order valence-corrected chi connectivity index (χ0v) is 10.3. The summed E-state index contributed by atoms with van der Waals surface area (Å²) >= 11 is 0. The van der Waals surface area contributed by atoms with E-state index in [1.807, 2.05) is 0 Å². The highest BCUT2D eigenvalue weighted by molar-refractivity contribution is 5.38. The van der Waals surface area contributed by atoms with E-state index in [1.165, 1.54) is 19.0 Å². The minimum atomic E-state index is -0.525. The van der Waals surface area contributed by atoms with Gasteiger partial charge in [-0.2, -0.15) is 0 Å². The fourth-order valence-electron chi connectivity index (χ4n) is 1.58. The first-order valence-corrected chi connectivity index (χ1v) is 6.12. The molecule has 2 rings (SSSR count). The Labute approximate surface area is 106 Å². The molecule has 1 saturated carbocycles. The van der Waals surface area contributed by atoms with Gasteiger partial charge in [-0.3, -0.25) is 0 Å². The molecule has 6 heteroatoms. The van der Waals surface area contributed by atoms with Crippen LogP contribution in [0.3, 0.4) is 0 Å². The molecule has 0 aromatic carbocycles. The Bertz CT molecular complexity index is 421. The predicted octanol–water partition coefficient (Wildman–Crippen LogP) is 1.76. The zero-order chi connectivity index (χ0) is 13.0. The highest BCUT2D eigenvalue weighted by Gasteiger charge is 2.21. The molecule has 0 bridgehead atoms. The summed E-state index contributed by atoms with van der Waals surface area (Å²) in [5, 5.41) is 14.1. The van der Waals surface area contributed by atoms with E-state index in [9.17, 15) is 10.1 Å². The maximum absolute atomic E-state index is 10.7. The van der Waals surface area contributed by atoms with Gasteiger partial charge in [0.15, 0.2) is 0 Å². The number of pyridine rings is 1. The van der Waals surface area contributed by atoms with Crippen LogP contribution in [-0.2, 0) is 0 Å². The van der Waals surface area contributed by atoms with Crippen molar-refractivity contribution in [3.63, 3.8) is 0 Å². The lowest BCUT2D eigenvalue weighted by Crippen LogP contribution is -2.26. The van der Waals surface area contributed by atoms with Crippen LogP contribution in [0, 0.1) is 16.0 Å². The Morgan fingerprint density at radius 3 is 3.11 bits per heavy atom. The van der Waals surface area contributed by atoms with Crippen LogP contribution in [0.4, 0.5) is 5.82 Å². The van der Waals surface area contributed by atoms with Crippen LogP contribution < -0.4 is 10.1 Å². The summed E-state index contributed by atoms with van der Waals surface area (Å²) in [5.41, 5.74) is 0. The third kappa shape index (κ3) is 3.66. The minimum Gasteiger partial charge on any atom is -0.485 e. The van der Waals surface area contributed by atoms with Crippen molar-refractivity contribution in [2.24, 2.45) is 5.92 Å². The summed E-state index contributed by atoms with van der Waals surface area (Å²) in [6.45, 7) is 3.38. The topological polar surface area (TPSA) is 77.3 Å². The second-order valence-electron chi connectivity index (χ2n) is 4.68. The molecule has 1 atom stereocenters.